The standard InChI is InChI=1S/C21H35NO3S/c1-5-7-8-9-11-17(10-6-2)18(23)22-21-14-12-20(13-15-21,19(21,3)4)16-26(22,24)25/h6,17H,2,5,7-16H2,1,3-4H3/t17-,20?,21?/m0/s1. The van der Waals surface area contributed by atoms with Gasteiger partial charge in [0.1, 0.15) is 0 Å². The molecule has 0 aromatic rings. The van der Waals surface area contributed by atoms with E-state index in [1.54, 1.807) is 6.08 Å². The largest absolute Gasteiger partial charge is 0.273 e. The van der Waals surface area contributed by atoms with E-state index >= 15 is 0 Å². The van der Waals surface area contributed by atoms with Crippen LogP contribution in [0.5, 0.6) is 0 Å². The van der Waals surface area contributed by atoms with Crippen LogP contribution in [0.4, 0.5) is 0 Å². The first kappa shape index (κ1) is 19.9. The predicted octanol–water partition coefficient (Wildman–Crippen LogP) is 4.66. The van der Waals surface area contributed by atoms with E-state index in [9.17, 15) is 13.2 Å². The average Bonchev–Trinajstić information content (AvgIpc) is 2.80. The molecule has 26 heavy (non-hydrogen) atoms. The number of nitrogens with zero attached hydrogens (tertiary/aromatic N) is 1. The van der Waals surface area contributed by atoms with Crippen molar-refractivity contribution in [3.63, 3.8) is 0 Å². The van der Waals surface area contributed by atoms with Crippen molar-refractivity contribution in [2.24, 2.45) is 16.7 Å². The van der Waals surface area contributed by atoms with E-state index in [2.05, 4.69) is 27.4 Å². The Morgan fingerprint density at radius 3 is 2.38 bits per heavy atom. The molecule has 0 aromatic heterocycles. The van der Waals surface area contributed by atoms with Crippen LogP contribution in [-0.2, 0) is 14.8 Å². The van der Waals surface area contributed by atoms with E-state index in [-0.39, 0.29) is 28.4 Å². The minimum Gasteiger partial charge on any atom is -0.273 e. The van der Waals surface area contributed by atoms with Gasteiger partial charge < -0.3 is 0 Å². The van der Waals surface area contributed by atoms with Crippen molar-refractivity contribution in [1.82, 2.24) is 4.31 Å². The first-order valence-corrected chi connectivity index (χ1v) is 12.0. The van der Waals surface area contributed by atoms with Gasteiger partial charge in [-0.15, -0.1) is 6.58 Å². The van der Waals surface area contributed by atoms with Gasteiger partial charge in [0.15, 0.2) is 0 Å². The minimum atomic E-state index is -3.53. The van der Waals surface area contributed by atoms with Crippen LogP contribution in [0.1, 0.15) is 85.0 Å². The molecule has 0 radical (unpaired) electrons. The Labute approximate surface area is 159 Å². The van der Waals surface area contributed by atoms with Crippen molar-refractivity contribution in [2.45, 2.75) is 90.5 Å². The highest BCUT2D eigenvalue weighted by atomic mass is 32.2. The zero-order valence-electron chi connectivity index (χ0n) is 16.7. The molecule has 2 saturated carbocycles. The van der Waals surface area contributed by atoms with Gasteiger partial charge in [-0.25, -0.2) is 12.7 Å². The molecule has 4 nitrogen and oxygen atoms in total. The Kier molecular flexibility index (Phi) is 5.09. The Morgan fingerprint density at radius 2 is 1.81 bits per heavy atom. The first-order valence-electron chi connectivity index (χ1n) is 10.4. The number of unbranched alkanes of at least 4 members (excludes halogenated alkanes) is 3. The zero-order valence-corrected chi connectivity index (χ0v) is 17.5. The van der Waals surface area contributed by atoms with Crippen molar-refractivity contribution in [3.05, 3.63) is 12.7 Å². The summed E-state index contributed by atoms with van der Waals surface area (Å²) in [6, 6.07) is 0. The summed E-state index contributed by atoms with van der Waals surface area (Å²) < 4.78 is 27.8. The Balaban J connectivity index is 1.90. The maximum atomic E-state index is 13.5. The lowest BCUT2D eigenvalue weighted by atomic mass is 9.68. The van der Waals surface area contributed by atoms with Crippen LogP contribution in [0.25, 0.3) is 0 Å². The van der Waals surface area contributed by atoms with Crippen LogP contribution in [0.2, 0.25) is 0 Å². The van der Waals surface area contributed by atoms with Crippen molar-refractivity contribution in [3.8, 4) is 0 Å². The summed E-state index contributed by atoms with van der Waals surface area (Å²) in [6.45, 7) is 10.4. The second kappa shape index (κ2) is 6.65. The van der Waals surface area contributed by atoms with Gasteiger partial charge in [-0.2, -0.15) is 0 Å². The first-order chi connectivity index (χ1) is 12.2. The minimum absolute atomic E-state index is 0.123. The van der Waals surface area contributed by atoms with Crippen LogP contribution in [0.15, 0.2) is 12.7 Å². The summed E-state index contributed by atoms with van der Waals surface area (Å²) in [6.07, 6.45) is 11.0. The molecule has 3 fully saturated rings. The van der Waals surface area contributed by atoms with Crippen LogP contribution in [0, 0.1) is 16.7 Å². The van der Waals surface area contributed by atoms with Gasteiger partial charge >= 0.3 is 0 Å². The highest BCUT2D eigenvalue weighted by Gasteiger charge is 2.76. The third kappa shape index (κ3) is 2.60. The van der Waals surface area contributed by atoms with Gasteiger partial charge in [0.25, 0.3) is 0 Å². The maximum Gasteiger partial charge on any atom is 0.240 e. The van der Waals surface area contributed by atoms with Crippen molar-refractivity contribution in [1.29, 1.82) is 0 Å². The zero-order chi connectivity index (χ0) is 19.2. The SMILES string of the molecule is C=CC[C@@H](CCCCCC)C(=O)N1C23CCC(CC2)(CS1(=O)=O)C3(C)C. The number of hydrogen-bond acceptors (Lipinski definition) is 3. The van der Waals surface area contributed by atoms with E-state index in [4.69, 9.17) is 0 Å². The lowest BCUT2D eigenvalue weighted by Crippen LogP contribution is -2.64. The lowest BCUT2D eigenvalue weighted by Gasteiger charge is -2.53. The maximum absolute atomic E-state index is 13.5. The fourth-order valence-electron chi connectivity index (χ4n) is 6.22. The monoisotopic (exact) mass is 381 g/mol. The van der Waals surface area contributed by atoms with E-state index < -0.39 is 15.6 Å². The molecule has 148 valence electrons. The summed E-state index contributed by atoms with van der Waals surface area (Å²) in [5, 5.41) is 0. The summed E-state index contributed by atoms with van der Waals surface area (Å²) in [5.74, 6) is -0.262. The fraction of sp³-hybridized carbons (Fsp3) is 0.857. The Bertz CT molecular complexity index is 671. The summed E-state index contributed by atoms with van der Waals surface area (Å²) >= 11 is 0. The third-order valence-electron chi connectivity index (χ3n) is 8.06. The highest BCUT2D eigenvalue weighted by molar-refractivity contribution is 7.89. The predicted molar refractivity (Wildman–Crippen MR) is 105 cm³/mol. The molecule has 0 spiro atoms. The molecule has 1 heterocycles. The van der Waals surface area contributed by atoms with Crippen molar-refractivity contribution < 1.29 is 13.2 Å². The molecule has 0 unspecified atom stereocenters. The normalized spacial score (nSPS) is 34.7. The Hall–Kier alpha value is -0.840. The summed E-state index contributed by atoms with van der Waals surface area (Å²) in [7, 11) is -3.53. The molecular weight excluding hydrogens is 346 g/mol. The highest BCUT2D eigenvalue weighted by Crippen LogP contribution is 2.73. The molecule has 3 aliphatic rings. The number of amides is 1. The summed E-state index contributed by atoms with van der Waals surface area (Å²) in [4.78, 5) is 13.5. The lowest BCUT2D eigenvalue weighted by molar-refractivity contribution is -0.138. The molecule has 2 bridgehead atoms. The molecule has 5 heteroatoms. The smallest absolute Gasteiger partial charge is 0.240 e. The van der Waals surface area contributed by atoms with Crippen LogP contribution in [0.3, 0.4) is 0 Å². The molecule has 1 atom stereocenters. The van der Waals surface area contributed by atoms with Gasteiger partial charge in [-0.1, -0.05) is 52.5 Å². The fourth-order valence-corrected chi connectivity index (χ4v) is 9.07. The van der Waals surface area contributed by atoms with Crippen LogP contribution in [-0.4, -0.2) is 29.9 Å². The second-order valence-electron chi connectivity index (χ2n) is 9.37. The second-order valence-corrected chi connectivity index (χ2v) is 11.2. The van der Waals surface area contributed by atoms with Gasteiger partial charge in [-0.3, -0.25) is 4.79 Å². The average molecular weight is 382 g/mol. The van der Waals surface area contributed by atoms with E-state index in [0.717, 1.165) is 57.8 Å². The van der Waals surface area contributed by atoms with Crippen LogP contribution < -0.4 is 0 Å². The molecule has 0 N–H and O–H groups in total. The van der Waals surface area contributed by atoms with Crippen LogP contribution >= 0.6 is 0 Å². The van der Waals surface area contributed by atoms with E-state index in [1.807, 2.05) is 0 Å². The third-order valence-corrected chi connectivity index (χ3v) is 10.1. The van der Waals surface area contributed by atoms with Gasteiger partial charge in [-0.05, 0) is 49.4 Å². The molecule has 1 amide bonds. The van der Waals surface area contributed by atoms with E-state index in [0.29, 0.717) is 6.42 Å². The topological polar surface area (TPSA) is 54.5 Å². The number of sulfonamides is 1. The quantitative estimate of drug-likeness (QED) is 0.454. The molecule has 3 rings (SSSR count). The number of rotatable bonds is 8. The number of carbonyl (C=O) groups is 1. The molecule has 0 aromatic carbocycles. The van der Waals surface area contributed by atoms with Crippen molar-refractivity contribution >= 4 is 15.9 Å². The molecule has 1 saturated heterocycles. The number of carbonyl (C=O) groups excluding carboxylic acids is 1. The number of allylic oxidation sites excluding steroid dienone is 1. The van der Waals surface area contributed by atoms with Gasteiger partial charge in [0.05, 0.1) is 11.3 Å². The summed E-state index contributed by atoms with van der Waals surface area (Å²) in [5.41, 5.74) is -0.746. The van der Waals surface area contributed by atoms with Gasteiger partial charge in [0, 0.05) is 5.92 Å². The van der Waals surface area contributed by atoms with Gasteiger partial charge in [0.2, 0.25) is 15.9 Å². The Morgan fingerprint density at radius 1 is 1.15 bits per heavy atom. The van der Waals surface area contributed by atoms with Crippen molar-refractivity contribution in [2.75, 3.05) is 5.75 Å². The molecular formula is C21H35NO3S. The molecule has 1 aliphatic heterocycles. The number of hydrogen-bond donors (Lipinski definition) is 0. The van der Waals surface area contributed by atoms with E-state index in [1.165, 1.54) is 4.31 Å². The molecule has 2 aliphatic carbocycles.